The summed E-state index contributed by atoms with van der Waals surface area (Å²) in [6, 6.07) is 15.7. The van der Waals surface area contributed by atoms with E-state index < -0.39 is 12.1 Å². The number of para-hydroxylation sites is 1. The average molecular weight is 569 g/mol. The van der Waals surface area contributed by atoms with Crippen LogP contribution in [0, 0.1) is 11.3 Å². The number of ether oxygens (including phenoxy) is 1. The molecule has 10 heteroatoms. The van der Waals surface area contributed by atoms with Crippen LogP contribution in [0.2, 0.25) is 5.02 Å². The van der Waals surface area contributed by atoms with Gasteiger partial charge in [0.1, 0.15) is 5.75 Å². The Morgan fingerprint density at radius 2 is 1.51 bits per heavy atom. The molecule has 0 aliphatic carbocycles. The van der Waals surface area contributed by atoms with Gasteiger partial charge in [0, 0.05) is 35.8 Å². The first-order chi connectivity index (χ1) is 18.4. The number of carbonyl (C=O) groups excluding carboxylic acids is 1. The molecule has 2 aliphatic rings. The van der Waals surface area contributed by atoms with Crippen LogP contribution in [0.15, 0.2) is 48.5 Å². The van der Waals surface area contributed by atoms with Crippen LogP contribution in [0.3, 0.4) is 0 Å². The molecule has 0 aromatic heterocycles. The van der Waals surface area contributed by atoms with Crippen LogP contribution in [0.1, 0.15) is 55.5 Å². The molecule has 0 radical (unpaired) electrons. The van der Waals surface area contributed by atoms with Crippen LogP contribution in [-0.4, -0.2) is 65.7 Å². The first-order valence-electron chi connectivity index (χ1n) is 13.2. The highest BCUT2D eigenvalue weighted by Crippen LogP contribution is 2.42. The molecule has 2 heterocycles. The smallest absolute Gasteiger partial charge is 0.490 e. The monoisotopic (exact) mass is 568 g/mol. The highest BCUT2D eigenvalue weighted by atomic mass is 35.5. The van der Waals surface area contributed by atoms with Crippen molar-refractivity contribution in [2.24, 2.45) is 11.3 Å². The largest absolute Gasteiger partial charge is 0.493 e. The number of nitrogens with zero attached hydrogens (tertiary/aromatic N) is 2. The van der Waals surface area contributed by atoms with Crippen molar-refractivity contribution in [1.29, 1.82) is 0 Å². The molecule has 6 nitrogen and oxygen atoms in total. The van der Waals surface area contributed by atoms with Crippen molar-refractivity contribution in [2.45, 2.75) is 52.3 Å². The van der Waals surface area contributed by atoms with Crippen molar-refractivity contribution in [2.75, 3.05) is 32.8 Å². The third-order valence-electron chi connectivity index (χ3n) is 7.30. The van der Waals surface area contributed by atoms with Gasteiger partial charge in [-0.25, -0.2) is 4.79 Å². The molecule has 214 valence electrons. The third-order valence-corrected chi connectivity index (χ3v) is 7.55. The fraction of sp³-hybridized carbons (Fsp3) is 0.517. The number of carbonyl (C=O) groups is 2. The van der Waals surface area contributed by atoms with Crippen LogP contribution in [0.25, 0.3) is 0 Å². The zero-order valence-corrected chi connectivity index (χ0v) is 23.1. The number of piperidine rings is 2. The Balaban J connectivity index is 0.000000532. The van der Waals surface area contributed by atoms with E-state index in [9.17, 15) is 18.0 Å². The van der Waals surface area contributed by atoms with E-state index in [0.29, 0.717) is 16.4 Å². The SMILES string of the molecule is CC(C)COc1ccccc1CN1CCC2(CC1)CCN(C(=O)c1ccc(Cl)cc1)CC2.O=C(O)C(F)(F)F. The van der Waals surface area contributed by atoms with E-state index in [1.165, 1.54) is 18.4 Å². The van der Waals surface area contributed by atoms with Crippen LogP contribution in [0.5, 0.6) is 5.75 Å². The van der Waals surface area contributed by atoms with E-state index in [-0.39, 0.29) is 5.91 Å². The molecule has 1 spiro atoms. The van der Waals surface area contributed by atoms with Gasteiger partial charge in [-0.05, 0) is 80.4 Å². The molecule has 39 heavy (non-hydrogen) atoms. The molecule has 2 saturated heterocycles. The minimum atomic E-state index is -5.08. The Hall–Kier alpha value is -2.78. The molecule has 2 fully saturated rings. The summed E-state index contributed by atoms with van der Waals surface area (Å²) in [5.74, 6) is -1.08. The van der Waals surface area contributed by atoms with E-state index >= 15 is 0 Å². The molecule has 2 aromatic carbocycles. The maximum Gasteiger partial charge on any atom is 0.490 e. The van der Waals surface area contributed by atoms with Crippen LogP contribution < -0.4 is 4.74 Å². The van der Waals surface area contributed by atoms with Gasteiger partial charge in [-0.15, -0.1) is 0 Å². The van der Waals surface area contributed by atoms with Crippen molar-refractivity contribution in [1.82, 2.24) is 9.80 Å². The van der Waals surface area contributed by atoms with Gasteiger partial charge in [-0.3, -0.25) is 9.69 Å². The number of aliphatic carboxylic acids is 1. The van der Waals surface area contributed by atoms with E-state index in [2.05, 4.69) is 43.0 Å². The number of carboxylic acid groups (broad SMARTS) is 1. The molecular weight excluding hydrogens is 533 g/mol. The van der Waals surface area contributed by atoms with E-state index in [1.807, 2.05) is 17.0 Å². The summed E-state index contributed by atoms with van der Waals surface area (Å²) in [5, 5.41) is 7.79. The van der Waals surface area contributed by atoms with Gasteiger partial charge >= 0.3 is 12.1 Å². The summed E-state index contributed by atoms with van der Waals surface area (Å²) in [6.07, 6.45) is -0.446. The minimum Gasteiger partial charge on any atom is -0.493 e. The van der Waals surface area contributed by atoms with Gasteiger partial charge in [0.2, 0.25) is 0 Å². The quantitative estimate of drug-likeness (QED) is 0.429. The second kappa shape index (κ2) is 13.5. The number of rotatable bonds is 6. The normalized spacial score (nSPS) is 17.5. The van der Waals surface area contributed by atoms with Crippen molar-refractivity contribution >= 4 is 23.5 Å². The molecule has 4 rings (SSSR count). The molecule has 0 bridgehead atoms. The lowest BCUT2D eigenvalue weighted by atomic mass is 9.71. The Morgan fingerprint density at radius 1 is 0.974 bits per heavy atom. The number of halogens is 4. The van der Waals surface area contributed by atoms with Gasteiger partial charge in [0.15, 0.2) is 0 Å². The highest BCUT2D eigenvalue weighted by molar-refractivity contribution is 6.30. The minimum absolute atomic E-state index is 0.131. The number of hydrogen-bond donors (Lipinski definition) is 1. The fourth-order valence-corrected chi connectivity index (χ4v) is 5.04. The third kappa shape index (κ3) is 9.14. The molecular formula is C29H36ClF3N2O4. The number of alkyl halides is 3. The van der Waals surface area contributed by atoms with E-state index in [1.54, 1.807) is 12.1 Å². The number of carboxylic acids is 1. The molecule has 1 N–H and O–H groups in total. The van der Waals surface area contributed by atoms with Crippen LogP contribution in [-0.2, 0) is 11.3 Å². The summed E-state index contributed by atoms with van der Waals surface area (Å²) < 4.78 is 37.8. The van der Waals surface area contributed by atoms with Gasteiger partial charge in [-0.2, -0.15) is 13.2 Å². The fourth-order valence-electron chi connectivity index (χ4n) is 4.92. The summed E-state index contributed by atoms with van der Waals surface area (Å²) in [6.45, 7) is 10.0. The zero-order valence-electron chi connectivity index (χ0n) is 22.3. The van der Waals surface area contributed by atoms with Crippen molar-refractivity contribution in [3.63, 3.8) is 0 Å². The van der Waals surface area contributed by atoms with E-state index in [4.69, 9.17) is 26.2 Å². The predicted molar refractivity (Wildman–Crippen MR) is 144 cm³/mol. The Morgan fingerprint density at radius 3 is 2.05 bits per heavy atom. The summed E-state index contributed by atoms with van der Waals surface area (Å²) in [4.78, 5) is 26.3. The van der Waals surface area contributed by atoms with Crippen molar-refractivity contribution in [3.8, 4) is 5.75 Å². The lowest BCUT2D eigenvalue weighted by molar-refractivity contribution is -0.192. The molecule has 0 saturated carbocycles. The zero-order chi connectivity index (χ0) is 28.6. The van der Waals surface area contributed by atoms with Crippen LogP contribution in [0.4, 0.5) is 13.2 Å². The molecule has 1 amide bonds. The van der Waals surface area contributed by atoms with Crippen molar-refractivity contribution in [3.05, 3.63) is 64.7 Å². The second-order valence-electron chi connectivity index (χ2n) is 10.7. The number of hydrogen-bond acceptors (Lipinski definition) is 4. The topological polar surface area (TPSA) is 70.1 Å². The molecule has 0 unspecified atom stereocenters. The van der Waals surface area contributed by atoms with Gasteiger partial charge < -0.3 is 14.7 Å². The van der Waals surface area contributed by atoms with E-state index in [0.717, 1.165) is 63.5 Å². The Bertz CT molecular complexity index is 1090. The second-order valence-corrected chi connectivity index (χ2v) is 11.1. The van der Waals surface area contributed by atoms with Gasteiger partial charge in [0.25, 0.3) is 5.91 Å². The average Bonchev–Trinajstić information content (AvgIpc) is 2.90. The number of amides is 1. The van der Waals surface area contributed by atoms with Crippen molar-refractivity contribution < 1.29 is 32.6 Å². The molecule has 2 aromatic rings. The van der Waals surface area contributed by atoms with Crippen LogP contribution >= 0.6 is 11.6 Å². The summed E-state index contributed by atoms with van der Waals surface area (Å²) in [5.41, 5.74) is 2.41. The van der Waals surface area contributed by atoms with Gasteiger partial charge in [-0.1, -0.05) is 43.6 Å². The lowest BCUT2D eigenvalue weighted by Gasteiger charge is -2.47. The molecule has 0 atom stereocenters. The standard InChI is InChI=1S/C27H35ClN2O2.C2HF3O2/c1-21(2)20-32-25-6-4-3-5-23(25)19-29-15-11-27(12-16-29)13-17-30(18-14-27)26(31)22-7-9-24(28)10-8-22;3-2(4,5)1(6)7/h3-10,21H,11-20H2,1-2H3;(H,6,7). The highest BCUT2D eigenvalue weighted by Gasteiger charge is 2.39. The number of likely N-dealkylation sites (tertiary alicyclic amines) is 2. The Labute approximate surface area is 232 Å². The maximum atomic E-state index is 12.8. The summed E-state index contributed by atoms with van der Waals surface area (Å²) >= 11 is 5.96. The maximum absolute atomic E-state index is 12.8. The van der Waals surface area contributed by atoms with Gasteiger partial charge in [0.05, 0.1) is 6.61 Å². The first kappa shape index (κ1) is 30.8. The predicted octanol–water partition coefficient (Wildman–Crippen LogP) is 6.53. The first-order valence-corrected chi connectivity index (χ1v) is 13.5. The Kier molecular flexibility index (Phi) is 10.7. The summed E-state index contributed by atoms with van der Waals surface area (Å²) in [7, 11) is 0. The lowest BCUT2D eigenvalue weighted by Crippen LogP contribution is -2.48. The number of benzene rings is 2. The molecule has 2 aliphatic heterocycles.